The van der Waals surface area contributed by atoms with Gasteiger partial charge in [0.05, 0.1) is 16.7 Å². The van der Waals surface area contributed by atoms with Crippen LogP contribution in [0.2, 0.25) is 0 Å². The lowest BCUT2D eigenvalue weighted by Gasteiger charge is -2.30. The van der Waals surface area contributed by atoms with Crippen molar-refractivity contribution < 1.29 is 0 Å². The quantitative estimate of drug-likeness (QED) is 0.157. The summed E-state index contributed by atoms with van der Waals surface area (Å²) in [6.45, 7) is 4.72. The highest BCUT2D eigenvalue weighted by Crippen LogP contribution is 2.54. The number of hydrogen-bond acceptors (Lipinski definition) is 1. The fourth-order valence-corrected chi connectivity index (χ4v) is 9.59. The van der Waals surface area contributed by atoms with Crippen LogP contribution >= 0.6 is 0 Å². The summed E-state index contributed by atoms with van der Waals surface area (Å²) in [7, 11) is 0. The Kier molecular flexibility index (Phi) is 8.20. The van der Waals surface area contributed by atoms with Gasteiger partial charge in [-0.05, 0) is 111 Å². The third-order valence-electron chi connectivity index (χ3n) is 12.4. The number of para-hydroxylation sites is 2. The molecular formula is C57H42N2. The Morgan fingerprint density at radius 2 is 0.949 bits per heavy atom. The molecular weight excluding hydrogens is 713 g/mol. The van der Waals surface area contributed by atoms with Crippen molar-refractivity contribution in [2.75, 3.05) is 4.90 Å². The summed E-state index contributed by atoms with van der Waals surface area (Å²) in [5, 5.41) is 2.51. The summed E-state index contributed by atoms with van der Waals surface area (Å²) in [5.41, 5.74) is 19.3. The Labute approximate surface area is 345 Å². The molecule has 0 amide bonds. The van der Waals surface area contributed by atoms with Gasteiger partial charge in [-0.2, -0.15) is 0 Å². The van der Waals surface area contributed by atoms with E-state index in [1.807, 2.05) is 0 Å². The molecule has 0 saturated heterocycles. The average Bonchev–Trinajstić information content (AvgIpc) is 3.76. The lowest BCUT2D eigenvalue weighted by molar-refractivity contribution is 0.660. The van der Waals surface area contributed by atoms with E-state index in [1.165, 1.54) is 83.1 Å². The summed E-state index contributed by atoms with van der Waals surface area (Å²) in [6, 6.07) is 79.9. The van der Waals surface area contributed by atoms with Gasteiger partial charge in [-0.1, -0.05) is 172 Å². The molecule has 0 aliphatic heterocycles. The van der Waals surface area contributed by atoms with Crippen molar-refractivity contribution in [3.63, 3.8) is 0 Å². The highest BCUT2D eigenvalue weighted by Gasteiger charge is 2.37. The molecule has 1 aliphatic carbocycles. The van der Waals surface area contributed by atoms with Gasteiger partial charge in [0.1, 0.15) is 0 Å². The molecule has 9 aromatic carbocycles. The molecule has 0 N–H and O–H groups in total. The molecule has 1 aromatic heterocycles. The van der Waals surface area contributed by atoms with Crippen molar-refractivity contribution in [1.29, 1.82) is 0 Å². The second-order valence-corrected chi connectivity index (χ2v) is 16.1. The number of fused-ring (bicyclic) bond motifs is 6. The molecule has 11 rings (SSSR count). The number of aromatic nitrogens is 1. The monoisotopic (exact) mass is 754 g/mol. The van der Waals surface area contributed by atoms with Gasteiger partial charge in [0.2, 0.25) is 0 Å². The van der Waals surface area contributed by atoms with Crippen LogP contribution in [0.5, 0.6) is 0 Å². The van der Waals surface area contributed by atoms with Crippen molar-refractivity contribution >= 4 is 38.9 Å². The van der Waals surface area contributed by atoms with Crippen LogP contribution < -0.4 is 4.90 Å². The summed E-state index contributed by atoms with van der Waals surface area (Å²) in [5.74, 6) is 0. The third kappa shape index (κ3) is 5.71. The Balaban J connectivity index is 1.14. The zero-order valence-electron chi connectivity index (χ0n) is 33.2. The molecule has 2 heteroatoms. The fourth-order valence-electron chi connectivity index (χ4n) is 9.59. The summed E-state index contributed by atoms with van der Waals surface area (Å²) in [6.07, 6.45) is 0. The second-order valence-electron chi connectivity index (χ2n) is 16.1. The second kappa shape index (κ2) is 13.9. The van der Waals surface area contributed by atoms with Crippen LogP contribution in [-0.2, 0) is 5.41 Å². The van der Waals surface area contributed by atoms with Gasteiger partial charge in [-0.25, -0.2) is 0 Å². The van der Waals surface area contributed by atoms with Crippen molar-refractivity contribution in [3.05, 3.63) is 230 Å². The number of hydrogen-bond donors (Lipinski definition) is 0. The van der Waals surface area contributed by atoms with Crippen molar-refractivity contribution in [3.8, 4) is 50.2 Å². The molecule has 0 bridgehead atoms. The first-order valence-electron chi connectivity index (χ1n) is 20.5. The van der Waals surface area contributed by atoms with E-state index < -0.39 is 0 Å². The number of rotatable bonds is 7. The Hall–Kier alpha value is -7.42. The molecule has 0 saturated carbocycles. The zero-order valence-corrected chi connectivity index (χ0v) is 33.2. The maximum absolute atomic E-state index is 2.49. The normalized spacial score (nSPS) is 12.7. The molecule has 2 nitrogen and oxygen atoms in total. The number of anilines is 3. The van der Waals surface area contributed by atoms with Crippen molar-refractivity contribution in [2.45, 2.75) is 19.3 Å². The molecule has 0 unspecified atom stereocenters. The van der Waals surface area contributed by atoms with E-state index in [9.17, 15) is 0 Å². The van der Waals surface area contributed by atoms with Gasteiger partial charge in [0.25, 0.3) is 0 Å². The van der Waals surface area contributed by atoms with Crippen LogP contribution in [0.1, 0.15) is 25.0 Å². The summed E-state index contributed by atoms with van der Waals surface area (Å²) < 4.78 is 2.39. The highest BCUT2D eigenvalue weighted by molar-refractivity contribution is 6.15. The minimum Gasteiger partial charge on any atom is -0.310 e. The van der Waals surface area contributed by atoms with E-state index in [0.29, 0.717) is 0 Å². The van der Waals surface area contributed by atoms with Gasteiger partial charge in [0.15, 0.2) is 0 Å². The summed E-state index contributed by atoms with van der Waals surface area (Å²) in [4.78, 5) is 2.49. The molecule has 0 radical (unpaired) electrons. The number of nitrogens with zero attached hydrogens (tertiary/aromatic N) is 2. The molecule has 1 aliphatic rings. The van der Waals surface area contributed by atoms with E-state index >= 15 is 0 Å². The minimum absolute atomic E-state index is 0.129. The van der Waals surface area contributed by atoms with E-state index in [1.54, 1.807) is 0 Å². The SMILES string of the molecule is CC1(C)c2ccccc2-c2c(N(c3ccc(-c4cccc5c4c4ccccc4n5-c4ccccc4)cc3)c3cc(-c4ccccc4)cc(-c4ccccc4)c3)cccc21. The van der Waals surface area contributed by atoms with Crippen LogP contribution in [0.15, 0.2) is 218 Å². The third-order valence-corrected chi connectivity index (χ3v) is 12.4. The van der Waals surface area contributed by atoms with Gasteiger partial charge in [0, 0.05) is 38.8 Å². The maximum Gasteiger partial charge on any atom is 0.0547 e. The largest absolute Gasteiger partial charge is 0.310 e. The first-order chi connectivity index (χ1) is 29.0. The van der Waals surface area contributed by atoms with Gasteiger partial charge >= 0.3 is 0 Å². The molecule has 280 valence electrons. The molecule has 1 heterocycles. The molecule has 10 aromatic rings. The molecule has 59 heavy (non-hydrogen) atoms. The lowest BCUT2D eigenvalue weighted by atomic mass is 9.82. The predicted octanol–water partition coefficient (Wildman–Crippen LogP) is 15.6. The van der Waals surface area contributed by atoms with Crippen LogP contribution in [0.4, 0.5) is 17.1 Å². The molecule has 0 spiro atoms. The van der Waals surface area contributed by atoms with E-state index in [-0.39, 0.29) is 5.41 Å². The minimum atomic E-state index is -0.129. The Morgan fingerprint density at radius 1 is 0.390 bits per heavy atom. The van der Waals surface area contributed by atoms with Crippen molar-refractivity contribution in [2.24, 2.45) is 0 Å². The first kappa shape index (κ1) is 34.8. The van der Waals surface area contributed by atoms with Gasteiger partial charge in [-0.15, -0.1) is 0 Å². The van der Waals surface area contributed by atoms with Gasteiger partial charge in [-0.3, -0.25) is 0 Å². The smallest absolute Gasteiger partial charge is 0.0547 e. The summed E-state index contributed by atoms with van der Waals surface area (Å²) >= 11 is 0. The topological polar surface area (TPSA) is 8.17 Å². The van der Waals surface area contributed by atoms with E-state index in [4.69, 9.17) is 0 Å². The van der Waals surface area contributed by atoms with Crippen LogP contribution in [0, 0.1) is 0 Å². The standard InChI is InChI=1S/C57H42N2/c1-57(2)50-27-14-12-24-48(50)56-51(57)28-17-31-54(56)58(46-37-42(39-18-6-3-7-19-39)36-43(38-46)40-20-8-4-9-21-40)45-34-32-41(33-35-45)47-26-16-30-53-55(47)49-25-13-15-29-52(49)59(53)44-22-10-5-11-23-44/h3-38H,1-2H3. The Morgan fingerprint density at radius 3 is 1.66 bits per heavy atom. The van der Waals surface area contributed by atoms with Crippen molar-refractivity contribution in [1.82, 2.24) is 4.57 Å². The maximum atomic E-state index is 2.49. The first-order valence-corrected chi connectivity index (χ1v) is 20.5. The van der Waals surface area contributed by atoms with Gasteiger partial charge < -0.3 is 9.47 Å². The molecule has 0 fully saturated rings. The van der Waals surface area contributed by atoms with E-state index in [2.05, 4.69) is 242 Å². The zero-order chi connectivity index (χ0) is 39.5. The van der Waals surface area contributed by atoms with Crippen LogP contribution in [-0.4, -0.2) is 4.57 Å². The lowest BCUT2D eigenvalue weighted by Crippen LogP contribution is -2.16. The number of benzene rings is 9. The van der Waals surface area contributed by atoms with E-state index in [0.717, 1.165) is 17.1 Å². The average molecular weight is 755 g/mol. The fraction of sp³-hybridized carbons (Fsp3) is 0.0526. The van der Waals surface area contributed by atoms with Crippen LogP contribution in [0.25, 0.3) is 72.0 Å². The Bertz CT molecular complexity index is 3100. The van der Waals surface area contributed by atoms with Crippen LogP contribution in [0.3, 0.4) is 0 Å². The predicted molar refractivity (Wildman–Crippen MR) is 249 cm³/mol. The highest BCUT2D eigenvalue weighted by atomic mass is 15.1. The molecule has 0 atom stereocenters.